The maximum absolute atomic E-state index is 13.5. The molecule has 0 aliphatic carbocycles. The lowest BCUT2D eigenvalue weighted by atomic mass is 10.1. The number of carbonyl (C=O) groups excluding carboxylic acids is 2. The second-order valence-corrected chi connectivity index (χ2v) is 13.9. The minimum Gasteiger partial charge on any atom is -0.401 e. The Balaban J connectivity index is 1.42. The van der Waals surface area contributed by atoms with Crippen molar-refractivity contribution >= 4 is 11.8 Å². The lowest BCUT2D eigenvalue weighted by molar-refractivity contribution is -0.117. The smallest absolute Gasteiger partial charge is 0.251 e. The molecule has 0 atom stereocenters. The molecule has 56 heavy (non-hydrogen) atoms. The van der Waals surface area contributed by atoms with Crippen molar-refractivity contribution in [3.05, 3.63) is 148 Å². The Hall–Kier alpha value is -6.19. The van der Waals surface area contributed by atoms with E-state index in [1.54, 1.807) is 24.3 Å². The molecule has 0 unspecified atom stereocenters. The first-order valence-corrected chi connectivity index (χ1v) is 18.7. The number of allylic oxidation sites excluding steroid dienone is 1. The van der Waals surface area contributed by atoms with Gasteiger partial charge in [0.25, 0.3) is 11.8 Å². The van der Waals surface area contributed by atoms with Crippen LogP contribution in [-0.4, -0.2) is 79.3 Å². The predicted molar refractivity (Wildman–Crippen MR) is 214 cm³/mol. The number of amides is 2. The molecular weight excluding hydrogens is 705 g/mol. The fourth-order valence-electron chi connectivity index (χ4n) is 6.80. The molecule has 286 valence electrons. The van der Waals surface area contributed by atoms with Crippen LogP contribution in [0.4, 0.5) is 0 Å². The molecule has 5 aromatic heterocycles. The molecule has 3 aliphatic heterocycles. The standard InChI is InChI=1S/C42H46N12O2/c43-15-17-46-41(55)28-13-14-31-20-29(42(56)47-18-16-44)21-36(48-31)27-54-25-34-7-3-11-39(51-34)37-9-1-5-32(49-37)23-53(22-30(45)19-28)24-33-6-2-10-38(50-33)40-12-4-8-35(26-54)52-40/h1-13,19-21H,14-18,22-27,43-45H2,(H,46,55)(H,47,56). The summed E-state index contributed by atoms with van der Waals surface area (Å²) in [6.45, 7) is 3.66. The minimum atomic E-state index is -0.316. The van der Waals surface area contributed by atoms with E-state index in [9.17, 15) is 9.59 Å². The summed E-state index contributed by atoms with van der Waals surface area (Å²) < 4.78 is 0. The van der Waals surface area contributed by atoms with E-state index in [-0.39, 0.29) is 24.8 Å². The lowest BCUT2D eigenvalue weighted by Crippen LogP contribution is -2.31. The number of nitrogens with zero attached hydrogens (tertiary/aromatic N) is 7. The van der Waals surface area contributed by atoms with Crippen LogP contribution in [0.5, 0.6) is 0 Å². The third-order valence-electron chi connectivity index (χ3n) is 9.27. The molecule has 0 spiro atoms. The lowest BCUT2D eigenvalue weighted by Gasteiger charge is -2.24. The van der Waals surface area contributed by atoms with Crippen molar-refractivity contribution < 1.29 is 9.59 Å². The van der Waals surface area contributed by atoms with Gasteiger partial charge < -0.3 is 27.8 Å². The van der Waals surface area contributed by atoms with E-state index in [0.29, 0.717) is 87.1 Å². The summed E-state index contributed by atoms with van der Waals surface area (Å²) in [6.07, 6.45) is 3.73. The summed E-state index contributed by atoms with van der Waals surface area (Å²) in [5.41, 5.74) is 27.1. The van der Waals surface area contributed by atoms with E-state index < -0.39 is 0 Å². The number of aromatic nitrogens is 5. The normalized spacial score (nSPS) is 17.0. The molecule has 0 radical (unpaired) electrons. The van der Waals surface area contributed by atoms with Gasteiger partial charge in [-0.25, -0.2) is 19.9 Å². The van der Waals surface area contributed by atoms with E-state index >= 15 is 0 Å². The number of rotatable bonds is 6. The molecule has 0 fully saturated rings. The summed E-state index contributed by atoms with van der Waals surface area (Å²) in [7, 11) is 0. The molecule has 5 aromatic rings. The molecule has 2 amide bonds. The van der Waals surface area contributed by atoms with Crippen molar-refractivity contribution in [3.8, 4) is 22.8 Å². The predicted octanol–water partition coefficient (Wildman–Crippen LogP) is 2.60. The molecule has 8 N–H and O–H groups in total. The van der Waals surface area contributed by atoms with Gasteiger partial charge in [0.15, 0.2) is 0 Å². The molecule has 8 rings (SSSR count). The molecule has 3 aliphatic rings. The Bertz CT molecular complexity index is 2180. The van der Waals surface area contributed by atoms with Crippen LogP contribution in [0.25, 0.3) is 22.8 Å². The number of hydrogen-bond donors (Lipinski definition) is 5. The van der Waals surface area contributed by atoms with Crippen LogP contribution < -0.4 is 27.8 Å². The number of hydrogen-bond acceptors (Lipinski definition) is 12. The van der Waals surface area contributed by atoms with E-state index in [1.165, 1.54) is 0 Å². The molecule has 0 saturated heterocycles. The highest BCUT2D eigenvalue weighted by Gasteiger charge is 2.19. The van der Waals surface area contributed by atoms with Crippen molar-refractivity contribution in [2.45, 2.75) is 39.1 Å². The van der Waals surface area contributed by atoms with Crippen molar-refractivity contribution in [1.82, 2.24) is 45.4 Å². The number of carbonyl (C=O) groups is 2. The molecule has 14 nitrogen and oxygen atoms in total. The van der Waals surface area contributed by atoms with Crippen LogP contribution in [0.2, 0.25) is 0 Å². The average Bonchev–Trinajstić information content (AvgIpc) is 3.20. The number of fused-ring (bicyclic) bond motifs is 3. The first-order valence-electron chi connectivity index (χ1n) is 18.7. The highest BCUT2D eigenvalue weighted by atomic mass is 16.2. The van der Waals surface area contributed by atoms with Gasteiger partial charge in [0.1, 0.15) is 0 Å². The Morgan fingerprint density at radius 2 is 0.982 bits per heavy atom. The largest absolute Gasteiger partial charge is 0.401 e. The number of pyridine rings is 5. The Labute approximate surface area is 326 Å². The van der Waals surface area contributed by atoms with Crippen molar-refractivity contribution in [2.24, 2.45) is 17.2 Å². The Morgan fingerprint density at radius 3 is 1.46 bits per heavy atom. The van der Waals surface area contributed by atoms with Gasteiger partial charge in [-0.2, -0.15) is 0 Å². The van der Waals surface area contributed by atoms with Gasteiger partial charge in [0.05, 0.1) is 51.2 Å². The third kappa shape index (κ3) is 9.91. The third-order valence-corrected chi connectivity index (χ3v) is 9.27. The summed E-state index contributed by atoms with van der Waals surface area (Å²) in [6, 6.07) is 27.3. The first kappa shape index (κ1) is 38.1. The van der Waals surface area contributed by atoms with Crippen LogP contribution in [0.1, 0.15) is 44.5 Å². The maximum atomic E-state index is 13.5. The van der Waals surface area contributed by atoms with Gasteiger partial charge >= 0.3 is 0 Å². The SMILES string of the molecule is NCCNC(=O)C1=CCc2cc(C(=O)NCCN)cc(n2)CN2Cc3cccc(n3)-c3cccc(n3)CN(CC(N)=C1)Cc1cccc(n1)-c1cccc(n1)C2. The molecule has 12 bridgehead atoms. The minimum absolute atomic E-state index is 0.254. The van der Waals surface area contributed by atoms with E-state index in [1.807, 2.05) is 72.8 Å². The van der Waals surface area contributed by atoms with Crippen LogP contribution in [0, 0.1) is 0 Å². The summed E-state index contributed by atoms with van der Waals surface area (Å²) in [5, 5.41) is 5.76. The van der Waals surface area contributed by atoms with E-state index in [0.717, 1.165) is 45.6 Å². The average molecular weight is 751 g/mol. The molecule has 8 heterocycles. The topological polar surface area (TPSA) is 207 Å². The molecule has 0 saturated carbocycles. The van der Waals surface area contributed by atoms with Gasteiger partial charge in [-0.15, -0.1) is 0 Å². The van der Waals surface area contributed by atoms with Gasteiger partial charge in [-0.05, 0) is 66.7 Å². The van der Waals surface area contributed by atoms with Crippen LogP contribution in [0.3, 0.4) is 0 Å². The zero-order valence-electron chi connectivity index (χ0n) is 31.2. The summed E-state index contributed by atoms with van der Waals surface area (Å²) >= 11 is 0. The second-order valence-electron chi connectivity index (χ2n) is 13.9. The van der Waals surface area contributed by atoms with Crippen LogP contribution >= 0.6 is 0 Å². The van der Waals surface area contributed by atoms with Gasteiger partial charge in [-0.3, -0.25) is 24.4 Å². The quantitative estimate of drug-likeness (QED) is 0.170. The van der Waals surface area contributed by atoms with Gasteiger partial charge in [0.2, 0.25) is 0 Å². The Morgan fingerprint density at radius 1 is 0.554 bits per heavy atom. The number of nitrogens with one attached hydrogen (secondary N) is 2. The summed E-state index contributed by atoms with van der Waals surface area (Å²) in [5.74, 6) is -0.582. The fraction of sp³-hybridized carbons (Fsp3) is 0.262. The maximum Gasteiger partial charge on any atom is 0.251 e. The summed E-state index contributed by atoms with van der Waals surface area (Å²) in [4.78, 5) is 56.5. The zero-order valence-corrected chi connectivity index (χ0v) is 31.2. The zero-order chi connectivity index (χ0) is 38.9. The first-order chi connectivity index (χ1) is 27.3. The van der Waals surface area contributed by atoms with Gasteiger partial charge in [-0.1, -0.05) is 30.3 Å². The van der Waals surface area contributed by atoms with Crippen molar-refractivity contribution in [1.29, 1.82) is 0 Å². The van der Waals surface area contributed by atoms with Crippen LogP contribution in [0.15, 0.2) is 108 Å². The van der Waals surface area contributed by atoms with Crippen molar-refractivity contribution in [3.63, 3.8) is 0 Å². The highest BCUT2D eigenvalue weighted by molar-refractivity contribution is 5.96. The fourth-order valence-corrected chi connectivity index (χ4v) is 6.80. The molecular formula is C42H46N12O2. The van der Waals surface area contributed by atoms with E-state index in [2.05, 4.69) is 20.4 Å². The van der Waals surface area contributed by atoms with E-state index in [4.69, 9.17) is 42.1 Å². The molecule has 14 heteroatoms. The van der Waals surface area contributed by atoms with Crippen LogP contribution in [-0.2, 0) is 43.9 Å². The second kappa shape index (κ2) is 18.0. The van der Waals surface area contributed by atoms with Crippen molar-refractivity contribution in [2.75, 3.05) is 32.7 Å². The van der Waals surface area contributed by atoms with Gasteiger partial charge in [0, 0.05) is 94.4 Å². The Kier molecular flexibility index (Phi) is 12.2. The monoisotopic (exact) mass is 750 g/mol. The number of nitrogens with two attached hydrogens (primary N) is 3. The molecule has 0 aromatic carbocycles. The highest BCUT2D eigenvalue weighted by Crippen LogP contribution is 2.23.